The zero-order chi connectivity index (χ0) is 20.6. The molecular weight excluding hydrogens is 374 g/mol. The monoisotopic (exact) mass is 395 g/mol. The molecule has 0 bridgehead atoms. The number of carbonyl (C=O) groups excluding carboxylic acids is 1. The van der Waals surface area contributed by atoms with E-state index in [4.69, 9.17) is 13.9 Å². The lowest BCUT2D eigenvalue weighted by Gasteiger charge is -2.14. The van der Waals surface area contributed by atoms with Gasteiger partial charge in [0.05, 0.1) is 26.6 Å². The van der Waals surface area contributed by atoms with Gasteiger partial charge in [-0.25, -0.2) is 4.79 Å². The second-order valence-electron chi connectivity index (χ2n) is 6.29. The first kappa shape index (κ1) is 20.2. The summed E-state index contributed by atoms with van der Waals surface area (Å²) in [4.78, 5) is 23.9. The van der Waals surface area contributed by atoms with Crippen LogP contribution in [-0.4, -0.2) is 36.7 Å². The first-order chi connectivity index (χ1) is 14.1. The number of aliphatic carboxylic acids is 1. The van der Waals surface area contributed by atoms with Crippen LogP contribution in [0, 0.1) is 0 Å². The number of ether oxygens (including phenoxy) is 2. The molecule has 1 atom stereocenters. The molecule has 1 amide bonds. The van der Waals surface area contributed by atoms with Gasteiger partial charge >= 0.3 is 5.97 Å². The quantitative estimate of drug-likeness (QED) is 0.577. The first-order valence-electron chi connectivity index (χ1n) is 8.95. The van der Waals surface area contributed by atoms with Gasteiger partial charge in [0.25, 0.3) is 5.91 Å². The molecule has 1 aromatic heterocycles. The molecule has 7 nitrogen and oxygen atoms in total. The van der Waals surface area contributed by atoms with Crippen LogP contribution in [0.3, 0.4) is 0 Å². The molecule has 150 valence electrons. The zero-order valence-corrected chi connectivity index (χ0v) is 15.8. The third-order valence-electron chi connectivity index (χ3n) is 4.25. The van der Waals surface area contributed by atoms with Crippen LogP contribution in [0.25, 0.3) is 11.1 Å². The molecule has 0 aliphatic carbocycles. The number of nitrogens with one attached hydrogen (secondary N) is 1. The van der Waals surface area contributed by atoms with Crippen molar-refractivity contribution in [2.45, 2.75) is 12.6 Å². The van der Waals surface area contributed by atoms with Crippen molar-refractivity contribution >= 4 is 11.9 Å². The van der Waals surface area contributed by atoms with Crippen LogP contribution < -0.4 is 10.1 Å². The molecule has 3 aromatic rings. The van der Waals surface area contributed by atoms with Crippen molar-refractivity contribution in [3.8, 4) is 16.9 Å². The molecular formula is C22H21NO6. The fourth-order valence-corrected chi connectivity index (χ4v) is 2.66. The van der Waals surface area contributed by atoms with E-state index in [0.29, 0.717) is 5.56 Å². The van der Waals surface area contributed by atoms with E-state index in [2.05, 4.69) is 5.32 Å². The number of rotatable bonds is 9. The van der Waals surface area contributed by atoms with Gasteiger partial charge in [0.2, 0.25) is 0 Å². The fraction of sp³-hybridized carbons (Fsp3) is 0.182. The van der Waals surface area contributed by atoms with Gasteiger partial charge in [-0.3, -0.25) is 4.79 Å². The number of carbonyl (C=O) groups is 2. The minimum Gasteiger partial charge on any atom is -0.497 e. The molecule has 7 heteroatoms. The summed E-state index contributed by atoms with van der Waals surface area (Å²) in [6.07, 6.45) is 1.44. The van der Waals surface area contributed by atoms with Crippen LogP contribution in [0.1, 0.15) is 16.1 Å². The van der Waals surface area contributed by atoms with E-state index < -0.39 is 17.9 Å². The largest absolute Gasteiger partial charge is 0.497 e. The Morgan fingerprint density at radius 1 is 1.07 bits per heavy atom. The predicted molar refractivity (Wildman–Crippen MR) is 106 cm³/mol. The normalized spacial score (nSPS) is 11.6. The van der Waals surface area contributed by atoms with Gasteiger partial charge in [0, 0.05) is 5.56 Å². The lowest BCUT2D eigenvalue weighted by Crippen LogP contribution is -2.43. The Labute approximate surface area is 167 Å². The number of furan rings is 1. The molecule has 0 spiro atoms. The molecule has 1 heterocycles. The molecule has 3 rings (SSSR count). The van der Waals surface area contributed by atoms with Crippen LogP contribution in [0.4, 0.5) is 0 Å². The molecule has 0 saturated heterocycles. The first-order valence-corrected chi connectivity index (χ1v) is 8.95. The molecule has 2 aromatic carbocycles. The minimum absolute atomic E-state index is 0.0186. The van der Waals surface area contributed by atoms with E-state index >= 15 is 0 Å². The lowest BCUT2D eigenvalue weighted by atomic mass is 10.1. The van der Waals surface area contributed by atoms with Crippen LogP contribution in [0.15, 0.2) is 71.3 Å². The second kappa shape index (κ2) is 9.57. The number of amides is 1. The molecule has 0 fully saturated rings. The third-order valence-corrected chi connectivity index (χ3v) is 4.25. The maximum absolute atomic E-state index is 12.4. The van der Waals surface area contributed by atoms with Gasteiger partial charge in [-0.15, -0.1) is 0 Å². The Bertz CT molecular complexity index is 949. The zero-order valence-electron chi connectivity index (χ0n) is 15.8. The average molecular weight is 395 g/mol. The Morgan fingerprint density at radius 2 is 1.79 bits per heavy atom. The van der Waals surface area contributed by atoms with Crippen LogP contribution in [-0.2, 0) is 16.1 Å². The Hall–Kier alpha value is -3.58. The van der Waals surface area contributed by atoms with Crippen molar-refractivity contribution in [3.63, 3.8) is 0 Å². The fourth-order valence-electron chi connectivity index (χ4n) is 2.66. The molecule has 29 heavy (non-hydrogen) atoms. The molecule has 2 N–H and O–H groups in total. The van der Waals surface area contributed by atoms with Crippen LogP contribution >= 0.6 is 0 Å². The van der Waals surface area contributed by atoms with Gasteiger partial charge in [-0.2, -0.15) is 0 Å². The van der Waals surface area contributed by atoms with E-state index in [9.17, 15) is 14.7 Å². The highest BCUT2D eigenvalue weighted by Gasteiger charge is 2.23. The van der Waals surface area contributed by atoms with Gasteiger partial charge in [0.15, 0.2) is 11.8 Å². The van der Waals surface area contributed by atoms with Crippen molar-refractivity contribution in [1.29, 1.82) is 0 Å². The molecule has 0 saturated carbocycles. The smallest absolute Gasteiger partial charge is 0.328 e. The Balaban J connectivity index is 1.59. The maximum Gasteiger partial charge on any atom is 0.328 e. The summed E-state index contributed by atoms with van der Waals surface area (Å²) >= 11 is 0. The number of benzene rings is 2. The topological polar surface area (TPSA) is 98.0 Å². The summed E-state index contributed by atoms with van der Waals surface area (Å²) in [6, 6.07) is 17.0. The highest BCUT2D eigenvalue weighted by Crippen LogP contribution is 2.24. The van der Waals surface area contributed by atoms with E-state index in [1.54, 1.807) is 25.3 Å². The molecule has 0 aliphatic heterocycles. The Morgan fingerprint density at radius 3 is 2.45 bits per heavy atom. The van der Waals surface area contributed by atoms with Crippen molar-refractivity contribution < 1.29 is 28.6 Å². The second-order valence-corrected chi connectivity index (χ2v) is 6.29. The summed E-state index contributed by atoms with van der Waals surface area (Å²) in [7, 11) is 1.58. The lowest BCUT2D eigenvalue weighted by molar-refractivity contribution is -0.141. The third kappa shape index (κ3) is 5.46. The van der Waals surface area contributed by atoms with Crippen LogP contribution in [0.5, 0.6) is 5.75 Å². The Kier molecular flexibility index (Phi) is 6.65. The molecule has 1 unspecified atom stereocenters. The highest BCUT2D eigenvalue weighted by molar-refractivity contribution is 5.95. The number of hydrogen-bond donors (Lipinski definition) is 2. The minimum atomic E-state index is -1.19. The van der Waals surface area contributed by atoms with E-state index in [-0.39, 0.29) is 19.0 Å². The number of hydrogen-bond acceptors (Lipinski definition) is 5. The predicted octanol–water partition coefficient (Wildman–Crippen LogP) is 3.36. The van der Waals surface area contributed by atoms with Gasteiger partial charge in [-0.1, -0.05) is 42.5 Å². The van der Waals surface area contributed by atoms with Crippen LogP contribution in [0.2, 0.25) is 0 Å². The summed E-state index contributed by atoms with van der Waals surface area (Å²) in [5, 5.41) is 11.8. The average Bonchev–Trinajstić information content (AvgIpc) is 3.24. The van der Waals surface area contributed by atoms with Crippen molar-refractivity contribution in [2.75, 3.05) is 13.7 Å². The van der Waals surface area contributed by atoms with Gasteiger partial charge in [-0.05, 0) is 29.3 Å². The van der Waals surface area contributed by atoms with E-state index in [1.165, 1.54) is 6.26 Å². The number of carboxylic acid groups (broad SMARTS) is 1. The van der Waals surface area contributed by atoms with Crippen molar-refractivity contribution in [2.24, 2.45) is 0 Å². The summed E-state index contributed by atoms with van der Waals surface area (Å²) in [5.41, 5.74) is 2.46. The van der Waals surface area contributed by atoms with E-state index in [1.807, 2.05) is 42.5 Å². The summed E-state index contributed by atoms with van der Waals surface area (Å²) in [5.74, 6) is -1.08. The van der Waals surface area contributed by atoms with Gasteiger partial charge in [0.1, 0.15) is 5.75 Å². The molecule has 0 radical (unpaired) electrons. The van der Waals surface area contributed by atoms with Crippen molar-refractivity contribution in [3.05, 3.63) is 78.3 Å². The number of carboxylic acids is 1. The van der Waals surface area contributed by atoms with Gasteiger partial charge < -0.3 is 24.3 Å². The summed E-state index contributed by atoms with van der Waals surface area (Å²) in [6.45, 7) is 0.0882. The molecule has 0 aliphatic rings. The highest BCUT2D eigenvalue weighted by atomic mass is 16.5. The SMILES string of the molecule is COc1ccc(-c2coc(C(=O)NC(COCc3ccccc3)C(=O)O)c2)cc1. The maximum atomic E-state index is 12.4. The standard InChI is InChI=1S/C22H21NO6/c1-27-18-9-7-16(8-10-18)17-11-20(29-13-17)21(24)23-19(22(25)26)14-28-12-15-5-3-2-4-6-15/h2-11,13,19H,12,14H2,1H3,(H,23,24)(H,25,26). The number of methoxy groups -OCH3 is 1. The van der Waals surface area contributed by atoms with E-state index in [0.717, 1.165) is 16.9 Å². The van der Waals surface area contributed by atoms with Crippen molar-refractivity contribution in [1.82, 2.24) is 5.32 Å². The summed E-state index contributed by atoms with van der Waals surface area (Å²) < 4.78 is 15.9.